The molecule has 0 bridgehead atoms. The highest BCUT2D eigenvalue weighted by molar-refractivity contribution is 5.83. The Balaban J connectivity index is 2.24. The molecule has 104 valence electrons. The number of rotatable bonds is 3. The lowest BCUT2D eigenvalue weighted by molar-refractivity contribution is -0.146. The Bertz CT molecular complexity index is 597. The smallest absolute Gasteiger partial charge is 0.322 e. The third kappa shape index (κ3) is 2.92. The van der Waals surface area contributed by atoms with Crippen LogP contribution < -0.4 is 5.32 Å². The second-order valence-electron chi connectivity index (χ2n) is 4.48. The Kier molecular flexibility index (Phi) is 3.96. The summed E-state index contributed by atoms with van der Waals surface area (Å²) in [5.74, 6) is -1.86. The van der Waals surface area contributed by atoms with E-state index in [0.717, 1.165) is 6.07 Å². The zero-order valence-corrected chi connectivity index (χ0v) is 10.5. The maximum atomic E-state index is 13.1. The molecular formula is C13H12FN3O3. The second-order valence-corrected chi connectivity index (χ2v) is 4.48. The predicted molar refractivity (Wildman–Crippen MR) is 66.0 cm³/mol. The van der Waals surface area contributed by atoms with Gasteiger partial charge in [-0.1, -0.05) is 6.07 Å². The minimum absolute atomic E-state index is 0.0112. The van der Waals surface area contributed by atoms with Crippen molar-refractivity contribution in [1.29, 1.82) is 5.26 Å². The number of carbonyl (C=O) groups excluding carboxylic acids is 1. The summed E-state index contributed by atoms with van der Waals surface area (Å²) in [6.45, 7) is 0.0457. The first-order valence-corrected chi connectivity index (χ1v) is 5.93. The van der Waals surface area contributed by atoms with Crippen LogP contribution in [-0.4, -0.2) is 41.0 Å². The molecule has 1 atom stereocenters. The largest absolute Gasteiger partial charge is 0.480 e. The zero-order valence-electron chi connectivity index (χ0n) is 10.5. The number of hydrogen-bond donors (Lipinski definition) is 2. The molecule has 1 aromatic carbocycles. The summed E-state index contributed by atoms with van der Waals surface area (Å²) >= 11 is 0. The average molecular weight is 277 g/mol. The molecule has 1 saturated heterocycles. The lowest BCUT2D eigenvalue weighted by atomic mass is 10.1. The molecule has 1 heterocycles. The maximum Gasteiger partial charge on any atom is 0.322 e. The van der Waals surface area contributed by atoms with Crippen LogP contribution in [0.5, 0.6) is 0 Å². The summed E-state index contributed by atoms with van der Waals surface area (Å²) < 4.78 is 13.1. The van der Waals surface area contributed by atoms with E-state index >= 15 is 0 Å². The van der Waals surface area contributed by atoms with Crippen molar-refractivity contribution in [1.82, 2.24) is 10.2 Å². The Morgan fingerprint density at radius 3 is 3.00 bits per heavy atom. The third-order valence-electron chi connectivity index (χ3n) is 3.13. The van der Waals surface area contributed by atoms with Gasteiger partial charge in [0.05, 0.1) is 18.2 Å². The van der Waals surface area contributed by atoms with Crippen LogP contribution in [0, 0.1) is 17.1 Å². The van der Waals surface area contributed by atoms with Gasteiger partial charge in [-0.15, -0.1) is 0 Å². The summed E-state index contributed by atoms with van der Waals surface area (Å²) in [5.41, 5.74) is 0.634. The molecule has 7 heteroatoms. The van der Waals surface area contributed by atoms with Gasteiger partial charge >= 0.3 is 5.97 Å². The minimum Gasteiger partial charge on any atom is -0.480 e. The van der Waals surface area contributed by atoms with Crippen LogP contribution in [-0.2, 0) is 16.1 Å². The van der Waals surface area contributed by atoms with Gasteiger partial charge in [-0.3, -0.25) is 14.5 Å². The molecule has 0 saturated carbocycles. The molecule has 2 rings (SSSR count). The van der Waals surface area contributed by atoms with Gasteiger partial charge in [0.15, 0.2) is 0 Å². The van der Waals surface area contributed by atoms with Crippen molar-refractivity contribution in [2.75, 3.05) is 13.1 Å². The number of nitriles is 1. The van der Waals surface area contributed by atoms with Gasteiger partial charge in [0.2, 0.25) is 5.91 Å². The lowest BCUT2D eigenvalue weighted by Gasteiger charge is -2.32. The Morgan fingerprint density at radius 2 is 2.35 bits per heavy atom. The number of carboxylic acid groups (broad SMARTS) is 1. The van der Waals surface area contributed by atoms with E-state index in [1.54, 1.807) is 0 Å². The average Bonchev–Trinajstić information content (AvgIpc) is 2.40. The normalized spacial score (nSPS) is 19.2. The molecule has 1 amide bonds. The second kappa shape index (κ2) is 5.67. The number of benzene rings is 1. The first-order valence-electron chi connectivity index (χ1n) is 5.93. The van der Waals surface area contributed by atoms with Gasteiger partial charge in [-0.05, 0) is 17.7 Å². The Morgan fingerprint density at radius 1 is 1.60 bits per heavy atom. The van der Waals surface area contributed by atoms with E-state index in [1.807, 2.05) is 6.07 Å². The first-order chi connectivity index (χ1) is 9.51. The quantitative estimate of drug-likeness (QED) is 0.816. The minimum atomic E-state index is -1.05. The summed E-state index contributed by atoms with van der Waals surface area (Å²) in [7, 11) is 0. The van der Waals surface area contributed by atoms with E-state index in [2.05, 4.69) is 5.32 Å². The number of hydrogen-bond acceptors (Lipinski definition) is 4. The van der Waals surface area contributed by atoms with Crippen molar-refractivity contribution in [3.63, 3.8) is 0 Å². The van der Waals surface area contributed by atoms with Crippen molar-refractivity contribution < 1.29 is 19.1 Å². The fourth-order valence-corrected chi connectivity index (χ4v) is 2.11. The van der Waals surface area contributed by atoms with Crippen LogP contribution >= 0.6 is 0 Å². The standard InChI is InChI=1S/C13H12FN3O3/c14-10-2-1-8(9(3-10)4-15)6-17-7-12(18)16-5-11(17)13(19)20/h1-3,11H,5-7H2,(H,16,18)(H,19,20). The van der Waals surface area contributed by atoms with Gasteiger partial charge in [-0.2, -0.15) is 5.26 Å². The van der Waals surface area contributed by atoms with Gasteiger partial charge in [0, 0.05) is 13.1 Å². The molecule has 1 aliphatic rings. The number of amides is 1. The molecule has 0 aromatic heterocycles. The van der Waals surface area contributed by atoms with E-state index in [-0.39, 0.29) is 31.1 Å². The van der Waals surface area contributed by atoms with Crippen molar-refractivity contribution >= 4 is 11.9 Å². The highest BCUT2D eigenvalue weighted by Crippen LogP contribution is 2.16. The maximum absolute atomic E-state index is 13.1. The van der Waals surface area contributed by atoms with E-state index in [9.17, 15) is 14.0 Å². The summed E-state index contributed by atoms with van der Waals surface area (Å²) in [5, 5.41) is 20.6. The number of carbonyl (C=O) groups is 2. The van der Waals surface area contributed by atoms with Crippen molar-refractivity contribution in [2.24, 2.45) is 0 Å². The zero-order chi connectivity index (χ0) is 14.7. The lowest BCUT2D eigenvalue weighted by Crippen LogP contribution is -2.57. The molecule has 1 aromatic rings. The number of piperazine rings is 1. The highest BCUT2D eigenvalue weighted by atomic mass is 19.1. The molecule has 20 heavy (non-hydrogen) atoms. The monoisotopic (exact) mass is 277 g/mol. The topological polar surface area (TPSA) is 93.4 Å². The molecule has 1 fully saturated rings. The van der Waals surface area contributed by atoms with Gasteiger partial charge < -0.3 is 10.4 Å². The molecule has 0 aliphatic carbocycles. The number of aliphatic carboxylic acids is 1. The van der Waals surface area contributed by atoms with E-state index in [0.29, 0.717) is 5.56 Å². The van der Waals surface area contributed by atoms with Gasteiger partial charge in [0.1, 0.15) is 11.9 Å². The SMILES string of the molecule is N#Cc1cc(F)ccc1CN1CC(=O)NCC1C(=O)O. The fourth-order valence-electron chi connectivity index (χ4n) is 2.11. The summed E-state index contributed by atoms with van der Waals surface area (Å²) in [4.78, 5) is 24.0. The number of carboxylic acids is 1. The molecule has 0 radical (unpaired) electrons. The summed E-state index contributed by atoms with van der Waals surface area (Å²) in [6, 6.07) is 4.74. The molecule has 1 unspecified atom stereocenters. The molecule has 6 nitrogen and oxygen atoms in total. The number of halogens is 1. The highest BCUT2D eigenvalue weighted by Gasteiger charge is 2.32. The predicted octanol–water partition coefficient (Wildman–Crippen LogP) is 0.0824. The van der Waals surface area contributed by atoms with Crippen LogP contribution in [0.1, 0.15) is 11.1 Å². The van der Waals surface area contributed by atoms with Crippen molar-refractivity contribution in [2.45, 2.75) is 12.6 Å². The van der Waals surface area contributed by atoms with Crippen LogP contribution in [0.2, 0.25) is 0 Å². The summed E-state index contributed by atoms with van der Waals surface area (Å²) in [6.07, 6.45) is 0. The van der Waals surface area contributed by atoms with E-state index in [1.165, 1.54) is 17.0 Å². The van der Waals surface area contributed by atoms with Crippen molar-refractivity contribution in [3.05, 3.63) is 35.1 Å². The number of nitrogens with one attached hydrogen (secondary N) is 1. The Hall–Kier alpha value is -2.46. The Labute approximate surface area is 114 Å². The molecule has 2 N–H and O–H groups in total. The van der Waals surface area contributed by atoms with E-state index in [4.69, 9.17) is 10.4 Å². The van der Waals surface area contributed by atoms with Gasteiger partial charge in [-0.25, -0.2) is 4.39 Å². The molecule has 0 spiro atoms. The molecular weight excluding hydrogens is 265 g/mol. The molecule has 1 aliphatic heterocycles. The van der Waals surface area contributed by atoms with Crippen LogP contribution in [0.15, 0.2) is 18.2 Å². The first kappa shape index (κ1) is 14.0. The van der Waals surface area contributed by atoms with Crippen molar-refractivity contribution in [3.8, 4) is 6.07 Å². The number of nitrogens with zero attached hydrogens (tertiary/aromatic N) is 2. The van der Waals surface area contributed by atoms with Crippen LogP contribution in [0.3, 0.4) is 0 Å². The van der Waals surface area contributed by atoms with E-state index < -0.39 is 17.8 Å². The van der Waals surface area contributed by atoms with Crippen LogP contribution in [0.4, 0.5) is 4.39 Å². The van der Waals surface area contributed by atoms with Gasteiger partial charge in [0.25, 0.3) is 0 Å². The fraction of sp³-hybridized carbons (Fsp3) is 0.308. The van der Waals surface area contributed by atoms with Crippen LogP contribution in [0.25, 0.3) is 0 Å². The third-order valence-corrected chi connectivity index (χ3v) is 3.13.